The first-order chi connectivity index (χ1) is 8.99. The summed E-state index contributed by atoms with van der Waals surface area (Å²) in [6, 6.07) is 6.47. The summed E-state index contributed by atoms with van der Waals surface area (Å²) in [4.78, 5) is 22.5. The number of amides is 1. The predicted octanol–water partition coefficient (Wildman–Crippen LogP) is 1.55. The highest BCUT2D eigenvalue weighted by Gasteiger charge is 2.12. The van der Waals surface area contributed by atoms with Gasteiger partial charge in [0.1, 0.15) is 11.5 Å². The van der Waals surface area contributed by atoms with Gasteiger partial charge in [0.2, 0.25) is 5.76 Å². The summed E-state index contributed by atoms with van der Waals surface area (Å²) < 4.78 is 6.82. The lowest BCUT2D eigenvalue weighted by Crippen LogP contribution is -2.24. The quantitative estimate of drug-likeness (QED) is 0.875. The van der Waals surface area contributed by atoms with E-state index in [0.29, 0.717) is 11.5 Å². The largest absolute Gasteiger partial charge is 0.475 e. The van der Waals surface area contributed by atoms with Gasteiger partial charge in [-0.2, -0.15) is 0 Å². The minimum atomic E-state index is -1.13. The molecule has 1 amide bonds. The Morgan fingerprint density at radius 3 is 2.58 bits per heavy atom. The number of carboxylic acids is 1. The van der Waals surface area contributed by atoms with Crippen molar-refractivity contribution in [1.29, 1.82) is 0 Å². The number of nitrogens with one attached hydrogen (secondary N) is 1. The van der Waals surface area contributed by atoms with E-state index in [0.717, 1.165) is 5.69 Å². The highest BCUT2D eigenvalue weighted by atomic mass is 16.4. The van der Waals surface area contributed by atoms with Gasteiger partial charge in [-0.3, -0.25) is 4.79 Å². The SMILES string of the molecule is Cc1ccc(C(=O)NCc2ccc(C(=O)O)o2)n1C. The molecule has 2 N–H and O–H groups in total. The summed E-state index contributed by atoms with van der Waals surface area (Å²) in [6.45, 7) is 2.05. The highest BCUT2D eigenvalue weighted by Crippen LogP contribution is 2.09. The molecule has 0 aliphatic rings. The molecule has 0 aliphatic heterocycles. The molecule has 2 heterocycles. The summed E-state index contributed by atoms with van der Waals surface area (Å²) in [5.74, 6) is -1.10. The predicted molar refractivity (Wildman–Crippen MR) is 67.0 cm³/mol. The topological polar surface area (TPSA) is 84.5 Å². The molecule has 2 rings (SSSR count). The molecule has 0 bridgehead atoms. The van der Waals surface area contributed by atoms with Crippen molar-refractivity contribution in [1.82, 2.24) is 9.88 Å². The molecule has 2 aromatic rings. The van der Waals surface area contributed by atoms with Crippen molar-refractivity contribution in [3.63, 3.8) is 0 Å². The van der Waals surface area contributed by atoms with Gasteiger partial charge in [-0.1, -0.05) is 0 Å². The lowest BCUT2D eigenvalue weighted by atomic mass is 10.3. The van der Waals surface area contributed by atoms with Gasteiger partial charge in [-0.15, -0.1) is 0 Å². The molecule has 2 aromatic heterocycles. The van der Waals surface area contributed by atoms with Crippen molar-refractivity contribution in [2.75, 3.05) is 0 Å². The van der Waals surface area contributed by atoms with Gasteiger partial charge in [0.25, 0.3) is 5.91 Å². The fourth-order valence-corrected chi connectivity index (χ4v) is 1.69. The standard InChI is InChI=1S/C13H14N2O4/c1-8-3-5-10(15(8)2)12(16)14-7-9-4-6-11(19-9)13(17)18/h3-6H,7H2,1-2H3,(H,14,16)(H,17,18). The molecular weight excluding hydrogens is 248 g/mol. The number of aryl methyl sites for hydroxylation is 1. The van der Waals surface area contributed by atoms with Crippen LogP contribution >= 0.6 is 0 Å². The molecule has 19 heavy (non-hydrogen) atoms. The van der Waals surface area contributed by atoms with E-state index in [1.165, 1.54) is 12.1 Å². The Bertz CT molecular complexity index is 624. The molecule has 0 radical (unpaired) electrons. The number of nitrogens with zero attached hydrogens (tertiary/aromatic N) is 1. The Hall–Kier alpha value is -2.50. The van der Waals surface area contributed by atoms with E-state index in [1.807, 2.05) is 13.0 Å². The molecule has 0 fully saturated rings. The van der Waals surface area contributed by atoms with Crippen LogP contribution in [0.25, 0.3) is 0 Å². The number of carbonyl (C=O) groups excluding carboxylic acids is 1. The minimum Gasteiger partial charge on any atom is -0.475 e. The van der Waals surface area contributed by atoms with E-state index in [-0.39, 0.29) is 18.2 Å². The molecule has 0 aromatic carbocycles. The second-order valence-electron chi connectivity index (χ2n) is 4.17. The van der Waals surface area contributed by atoms with E-state index < -0.39 is 5.97 Å². The highest BCUT2D eigenvalue weighted by molar-refractivity contribution is 5.92. The summed E-state index contributed by atoms with van der Waals surface area (Å²) in [5, 5.41) is 11.4. The van der Waals surface area contributed by atoms with Gasteiger partial charge >= 0.3 is 5.97 Å². The maximum atomic E-state index is 11.9. The molecule has 0 saturated carbocycles. The average Bonchev–Trinajstić information content (AvgIpc) is 2.95. The first kappa shape index (κ1) is 12.9. The maximum absolute atomic E-state index is 11.9. The van der Waals surface area contributed by atoms with E-state index in [9.17, 15) is 9.59 Å². The second-order valence-corrected chi connectivity index (χ2v) is 4.17. The lowest BCUT2D eigenvalue weighted by Gasteiger charge is -2.05. The first-order valence-corrected chi connectivity index (χ1v) is 5.71. The smallest absolute Gasteiger partial charge is 0.371 e. The normalized spacial score (nSPS) is 10.4. The number of aromatic carboxylic acids is 1. The zero-order valence-electron chi connectivity index (χ0n) is 10.6. The van der Waals surface area contributed by atoms with E-state index in [1.54, 1.807) is 17.7 Å². The van der Waals surface area contributed by atoms with Gasteiger partial charge in [0.15, 0.2) is 0 Å². The van der Waals surface area contributed by atoms with Crippen molar-refractivity contribution in [3.05, 3.63) is 47.2 Å². The Labute approximate surface area is 109 Å². The van der Waals surface area contributed by atoms with Crippen molar-refractivity contribution < 1.29 is 19.1 Å². The summed E-state index contributed by atoms with van der Waals surface area (Å²) in [6.07, 6.45) is 0. The molecule has 0 saturated heterocycles. The number of rotatable bonds is 4. The molecule has 0 aliphatic carbocycles. The van der Waals surface area contributed by atoms with Crippen molar-refractivity contribution >= 4 is 11.9 Å². The van der Waals surface area contributed by atoms with Gasteiger partial charge in [-0.25, -0.2) is 4.79 Å². The fraction of sp³-hybridized carbons (Fsp3) is 0.231. The monoisotopic (exact) mass is 262 g/mol. The van der Waals surface area contributed by atoms with Gasteiger partial charge in [0, 0.05) is 12.7 Å². The third-order valence-corrected chi connectivity index (χ3v) is 2.90. The third-order valence-electron chi connectivity index (χ3n) is 2.90. The van der Waals surface area contributed by atoms with E-state index in [4.69, 9.17) is 9.52 Å². The van der Waals surface area contributed by atoms with Crippen LogP contribution in [0.5, 0.6) is 0 Å². The number of aromatic nitrogens is 1. The second kappa shape index (κ2) is 5.01. The van der Waals surface area contributed by atoms with Crippen LogP contribution in [0.3, 0.4) is 0 Å². The van der Waals surface area contributed by atoms with Crippen LogP contribution in [0.15, 0.2) is 28.7 Å². The third kappa shape index (κ3) is 2.67. The number of carbonyl (C=O) groups is 2. The number of hydrogen-bond donors (Lipinski definition) is 2. The molecule has 6 nitrogen and oxygen atoms in total. The number of carboxylic acid groups (broad SMARTS) is 1. The molecule has 0 atom stereocenters. The molecule has 6 heteroatoms. The van der Waals surface area contributed by atoms with Crippen LogP contribution in [0, 0.1) is 6.92 Å². The molecule has 0 spiro atoms. The van der Waals surface area contributed by atoms with Crippen molar-refractivity contribution in [3.8, 4) is 0 Å². The van der Waals surface area contributed by atoms with Crippen LogP contribution in [0.4, 0.5) is 0 Å². The Kier molecular flexibility index (Phi) is 3.41. The van der Waals surface area contributed by atoms with Crippen molar-refractivity contribution in [2.45, 2.75) is 13.5 Å². The Morgan fingerprint density at radius 2 is 2.05 bits per heavy atom. The van der Waals surface area contributed by atoms with Gasteiger partial charge < -0.3 is 19.4 Å². The Balaban J connectivity index is 2.00. The van der Waals surface area contributed by atoms with E-state index in [2.05, 4.69) is 5.32 Å². The minimum absolute atomic E-state index is 0.140. The van der Waals surface area contributed by atoms with Crippen molar-refractivity contribution in [2.24, 2.45) is 7.05 Å². The molecular formula is C13H14N2O4. The van der Waals surface area contributed by atoms with Crippen LogP contribution in [-0.2, 0) is 13.6 Å². The average molecular weight is 262 g/mol. The summed E-state index contributed by atoms with van der Waals surface area (Å²) in [5.41, 5.74) is 1.53. The van der Waals surface area contributed by atoms with Gasteiger partial charge in [0.05, 0.1) is 6.54 Å². The fourth-order valence-electron chi connectivity index (χ4n) is 1.69. The zero-order chi connectivity index (χ0) is 14.0. The van der Waals surface area contributed by atoms with Crippen LogP contribution < -0.4 is 5.32 Å². The first-order valence-electron chi connectivity index (χ1n) is 5.71. The number of hydrogen-bond acceptors (Lipinski definition) is 3. The number of furan rings is 1. The lowest BCUT2D eigenvalue weighted by molar-refractivity contribution is 0.0660. The van der Waals surface area contributed by atoms with E-state index >= 15 is 0 Å². The zero-order valence-corrected chi connectivity index (χ0v) is 10.6. The Morgan fingerprint density at radius 1 is 1.32 bits per heavy atom. The van der Waals surface area contributed by atoms with Crippen LogP contribution in [0.1, 0.15) is 32.5 Å². The summed E-state index contributed by atoms with van der Waals surface area (Å²) in [7, 11) is 1.81. The molecule has 0 unspecified atom stereocenters. The van der Waals surface area contributed by atoms with Crippen LogP contribution in [0.2, 0.25) is 0 Å². The maximum Gasteiger partial charge on any atom is 0.371 e. The summed E-state index contributed by atoms with van der Waals surface area (Å²) >= 11 is 0. The van der Waals surface area contributed by atoms with Crippen LogP contribution in [-0.4, -0.2) is 21.6 Å². The van der Waals surface area contributed by atoms with Gasteiger partial charge in [-0.05, 0) is 31.2 Å². The molecule has 100 valence electrons.